The second kappa shape index (κ2) is 5.89. The summed E-state index contributed by atoms with van der Waals surface area (Å²) < 4.78 is 1.40. The largest absolute Gasteiger partial charge is 0.278 e. The molecule has 8 heteroatoms. The van der Waals surface area contributed by atoms with Crippen LogP contribution >= 0.6 is 23.1 Å². The van der Waals surface area contributed by atoms with Gasteiger partial charge in [0.05, 0.1) is 11.3 Å². The second-order valence-electron chi connectivity index (χ2n) is 5.90. The van der Waals surface area contributed by atoms with E-state index in [4.69, 9.17) is 0 Å². The van der Waals surface area contributed by atoms with E-state index < -0.39 is 0 Å². The number of hydrogen-bond acceptors (Lipinski definition) is 7. The van der Waals surface area contributed by atoms with Crippen LogP contribution in [0.25, 0.3) is 21.1 Å². The predicted octanol–water partition coefficient (Wildman–Crippen LogP) is 3.03. The smallest absolute Gasteiger partial charge is 0.267 e. The van der Waals surface area contributed by atoms with Crippen molar-refractivity contribution in [3.05, 3.63) is 51.4 Å². The van der Waals surface area contributed by atoms with Gasteiger partial charge >= 0.3 is 0 Å². The zero-order valence-corrected chi connectivity index (χ0v) is 14.8. The molecule has 0 aliphatic heterocycles. The maximum absolute atomic E-state index is 12.6. The molecule has 1 aliphatic carbocycles. The first kappa shape index (κ1) is 15.0. The van der Waals surface area contributed by atoms with Crippen molar-refractivity contribution in [2.45, 2.75) is 30.2 Å². The van der Waals surface area contributed by atoms with Gasteiger partial charge in [0.25, 0.3) is 5.56 Å². The van der Waals surface area contributed by atoms with Crippen LogP contribution < -0.4 is 5.56 Å². The van der Waals surface area contributed by atoms with E-state index in [-0.39, 0.29) is 5.56 Å². The molecule has 1 aromatic carbocycles. The minimum Gasteiger partial charge on any atom is -0.267 e. The summed E-state index contributed by atoms with van der Waals surface area (Å²) in [5.74, 6) is 0.382. The summed E-state index contributed by atoms with van der Waals surface area (Å²) in [7, 11) is 0. The van der Waals surface area contributed by atoms with E-state index in [1.165, 1.54) is 33.3 Å². The zero-order chi connectivity index (χ0) is 16.8. The van der Waals surface area contributed by atoms with E-state index in [2.05, 4.69) is 20.3 Å². The first-order valence-corrected chi connectivity index (χ1v) is 9.82. The summed E-state index contributed by atoms with van der Waals surface area (Å²) in [6.07, 6.45) is 5.03. The van der Waals surface area contributed by atoms with Gasteiger partial charge in [0.2, 0.25) is 0 Å². The summed E-state index contributed by atoms with van der Waals surface area (Å²) in [6, 6.07) is 7.27. The van der Waals surface area contributed by atoms with Crippen LogP contribution in [0.4, 0.5) is 0 Å². The molecule has 25 heavy (non-hydrogen) atoms. The Hall–Kier alpha value is -2.32. The molecule has 0 radical (unpaired) electrons. The number of thiophene rings is 1. The molecule has 0 amide bonds. The van der Waals surface area contributed by atoms with Gasteiger partial charge in [0.1, 0.15) is 21.7 Å². The summed E-state index contributed by atoms with van der Waals surface area (Å²) >= 11 is 3.28. The standard InChI is InChI=1S/C17H13N5OS2/c23-17-10-4-1-2-6-12(10)20-21-22(17)9-24-15-14-11-5-3-7-13(11)25-16(14)19-8-18-15/h1-2,4,6,8H,3,5,7,9H2. The molecule has 124 valence electrons. The summed E-state index contributed by atoms with van der Waals surface area (Å²) in [4.78, 5) is 23.9. The van der Waals surface area contributed by atoms with Gasteiger partial charge in [-0.1, -0.05) is 29.1 Å². The fourth-order valence-corrected chi connectivity index (χ4v) is 5.43. The van der Waals surface area contributed by atoms with Gasteiger partial charge in [0.15, 0.2) is 0 Å². The number of thioether (sulfide) groups is 1. The van der Waals surface area contributed by atoms with Crippen LogP contribution in [-0.2, 0) is 18.7 Å². The Bertz CT molecular complexity index is 1170. The molecule has 3 heterocycles. The SMILES string of the molecule is O=c1c2ccccc2nnn1CSc1ncnc2sc3c(c12)CCC3. The highest BCUT2D eigenvalue weighted by Gasteiger charge is 2.21. The first-order valence-electron chi connectivity index (χ1n) is 8.02. The molecule has 5 rings (SSSR count). The number of hydrogen-bond donors (Lipinski definition) is 0. The fraction of sp³-hybridized carbons (Fsp3) is 0.235. The molecule has 0 N–H and O–H groups in total. The minimum atomic E-state index is -0.126. The van der Waals surface area contributed by atoms with Crippen LogP contribution in [0.3, 0.4) is 0 Å². The van der Waals surface area contributed by atoms with Gasteiger partial charge < -0.3 is 0 Å². The maximum Gasteiger partial charge on any atom is 0.278 e. The molecular formula is C17H13N5OS2. The van der Waals surface area contributed by atoms with Crippen LogP contribution in [0.15, 0.2) is 40.4 Å². The Labute approximate surface area is 150 Å². The minimum absolute atomic E-state index is 0.126. The Morgan fingerprint density at radius 1 is 1.20 bits per heavy atom. The lowest BCUT2D eigenvalue weighted by atomic mass is 10.2. The molecule has 0 fully saturated rings. The lowest BCUT2D eigenvalue weighted by molar-refractivity contribution is 0.644. The highest BCUT2D eigenvalue weighted by atomic mass is 32.2. The lowest BCUT2D eigenvalue weighted by Gasteiger charge is -2.06. The fourth-order valence-electron chi connectivity index (χ4n) is 3.24. The van der Waals surface area contributed by atoms with Gasteiger partial charge in [-0.2, -0.15) is 4.68 Å². The Balaban J connectivity index is 1.52. The highest BCUT2D eigenvalue weighted by molar-refractivity contribution is 7.98. The van der Waals surface area contributed by atoms with E-state index >= 15 is 0 Å². The van der Waals surface area contributed by atoms with E-state index in [0.717, 1.165) is 28.1 Å². The molecule has 0 saturated heterocycles. The molecule has 1 aliphatic rings. The third kappa shape index (κ3) is 2.44. The predicted molar refractivity (Wildman–Crippen MR) is 99.1 cm³/mol. The van der Waals surface area contributed by atoms with Crippen molar-refractivity contribution in [2.24, 2.45) is 0 Å². The average molecular weight is 367 g/mol. The van der Waals surface area contributed by atoms with Gasteiger partial charge in [-0.15, -0.1) is 16.4 Å². The van der Waals surface area contributed by atoms with E-state index in [9.17, 15) is 4.79 Å². The Morgan fingerprint density at radius 2 is 2.12 bits per heavy atom. The molecule has 0 unspecified atom stereocenters. The number of aryl methyl sites for hydroxylation is 2. The van der Waals surface area contributed by atoms with Crippen LogP contribution in [0.2, 0.25) is 0 Å². The number of benzene rings is 1. The maximum atomic E-state index is 12.6. The lowest BCUT2D eigenvalue weighted by Crippen LogP contribution is -2.23. The highest BCUT2D eigenvalue weighted by Crippen LogP contribution is 2.40. The topological polar surface area (TPSA) is 73.6 Å². The molecule has 0 bridgehead atoms. The number of nitrogens with zero attached hydrogens (tertiary/aromatic N) is 5. The van der Waals surface area contributed by atoms with E-state index in [1.54, 1.807) is 29.8 Å². The van der Waals surface area contributed by atoms with Crippen LogP contribution in [0.5, 0.6) is 0 Å². The normalized spacial score (nSPS) is 13.6. The summed E-state index contributed by atoms with van der Waals surface area (Å²) in [5, 5.41) is 10.9. The number of rotatable bonds is 3. The molecule has 4 aromatic rings. The third-order valence-corrected chi connectivity index (χ3v) is 6.58. The number of aromatic nitrogens is 5. The van der Waals surface area contributed by atoms with E-state index in [0.29, 0.717) is 16.8 Å². The molecule has 0 spiro atoms. The Kier molecular flexibility index (Phi) is 3.53. The van der Waals surface area contributed by atoms with Crippen LogP contribution in [0.1, 0.15) is 16.9 Å². The zero-order valence-electron chi connectivity index (χ0n) is 13.2. The Morgan fingerprint density at radius 3 is 3.08 bits per heavy atom. The van der Waals surface area contributed by atoms with Crippen molar-refractivity contribution in [1.29, 1.82) is 0 Å². The molecule has 0 atom stereocenters. The summed E-state index contributed by atoms with van der Waals surface area (Å²) in [6.45, 7) is 0. The first-order chi connectivity index (χ1) is 12.3. The van der Waals surface area contributed by atoms with Crippen molar-refractivity contribution >= 4 is 44.2 Å². The molecule has 3 aromatic heterocycles. The van der Waals surface area contributed by atoms with Gasteiger partial charge in [-0.25, -0.2) is 9.97 Å². The van der Waals surface area contributed by atoms with Gasteiger partial charge in [0, 0.05) is 10.3 Å². The van der Waals surface area contributed by atoms with Crippen molar-refractivity contribution in [2.75, 3.05) is 0 Å². The molecular weight excluding hydrogens is 354 g/mol. The number of fused-ring (bicyclic) bond motifs is 4. The monoisotopic (exact) mass is 367 g/mol. The summed E-state index contributed by atoms with van der Waals surface area (Å²) in [5.41, 5.74) is 1.88. The van der Waals surface area contributed by atoms with Crippen LogP contribution in [0, 0.1) is 0 Å². The third-order valence-electron chi connectivity index (χ3n) is 4.42. The molecule has 0 saturated carbocycles. The van der Waals surface area contributed by atoms with E-state index in [1.807, 2.05) is 12.1 Å². The van der Waals surface area contributed by atoms with Gasteiger partial charge in [-0.05, 0) is 37.0 Å². The quantitative estimate of drug-likeness (QED) is 0.409. The van der Waals surface area contributed by atoms with Crippen molar-refractivity contribution in [3.8, 4) is 0 Å². The van der Waals surface area contributed by atoms with Crippen molar-refractivity contribution < 1.29 is 0 Å². The van der Waals surface area contributed by atoms with Crippen molar-refractivity contribution in [1.82, 2.24) is 25.0 Å². The second-order valence-corrected chi connectivity index (χ2v) is 7.92. The average Bonchev–Trinajstić information content (AvgIpc) is 3.22. The van der Waals surface area contributed by atoms with Crippen molar-refractivity contribution in [3.63, 3.8) is 0 Å². The van der Waals surface area contributed by atoms with Gasteiger partial charge in [-0.3, -0.25) is 4.79 Å². The van der Waals surface area contributed by atoms with Crippen LogP contribution in [-0.4, -0.2) is 25.0 Å². The molecule has 6 nitrogen and oxygen atoms in total.